The first-order valence-corrected chi connectivity index (χ1v) is 7.62. The van der Waals surface area contributed by atoms with Crippen LogP contribution < -0.4 is 16.4 Å². The van der Waals surface area contributed by atoms with Gasteiger partial charge in [0.05, 0.1) is 0 Å². The number of halogens is 1. The van der Waals surface area contributed by atoms with Crippen LogP contribution in [0.3, 0.4) is 0 Å². The summed E-state index contributed by atoms with van der Waals surface area (Å²) in [4.78, 5) is 22.3. The molecule has 0 aliphatic heterocycles. The van der Waals surface area contributed by atoms with Crippen molar-refractivity contribution in [2.24, 2.45) is 0 Å². The third-order valence-electron chi connectivity index (χ3n) is 2.67. The van der Waals surface area contributed by atoms with Gasteiger partial charge in [0, 0.05) is 12.2 Å². The van der Waals surface area contributed by atoms with E-state index < -0.39 is 37.7 Å². The fourth-order valence-corrected chi connectivity index (χ4v) is 2.81. The van der Waals surface area contributed by atoms with Gasteiger partial charge in [0.25, 0.3) is 0 Å². The van der Waals surface area contributed by atoms with Gasteiger partial charge in [-0.05, 0) is 32.0 Å². The molecule has 0 saturated heterocycles. The lowest BCUT2D eigenvalue weighted by Crippen LogP contribution is -2.45. The predicted octanol–water partition coefficient (Wildman–Crippen LogP) is 0.416. The highest BCUT2D eigenvalue weighted by atomic mass is 32.2. The molecule has 0 spiro atoms. The van der Waals surface area contributed by atoms with Gasteiger partial charge in [0.15, 0.2) is 9.84 Å². The number of urea groups is 1. The van der Waals surface area contributed by atoms with Gasteiger partial charge in [-0.1, -0.05) is 0 Å². The van der Waals surface area contributed by atoms with Crippen molar-refractivity contribution in [1.82, 2.24) is 10.6 Å². The Kier molecular flexibility index (Phi) is 5.25. The maximum Gasteiger partial charge on any atom is 0.321 e. The topological polar surface area (TPSA) is 118 Å². The van der Waals surface area contributed by atoms with E-state index in [-0.39, 0.29) is 12.2 Å². The van der Waals surface area contributed by atoms with Crippen LogP contribution >= 0.6 is 0 Å². The minimum Gasteiger partial charge on any atom is -0.399 e. The minimum atomic E-state index is -4.27. The fraction of sp³-hybridized carbons (Fsp3) is 0.333. The Hall–Kier alpha value is -2.16. The lowest BCUT2D eigenvalue weighted by atomic mass is 10.3. The number of hydrogen-bond donors (Lipinski definition) is 3. The molecule has 0 heterocycles. The van der Waals surface area contributed by atoms with Crippen molar-refractivity contribution in [1.29, 1.82) is 0 Å². The van der Waals surface area contributed by atoms with Gasteiger partial charge in [-0.3, -0.25) is 10.1 Å². The van der Waals surface area contributed by atoms with Crippen LogP contribution in [0.25, 0.3) is 0 Å². The van der Waals surface area contributed by atoms with Crippen molar-refractivity contribution >= 4 is 27.5 Å². The summed E-state index contributed by atoms with van der Waals surface area (Å²) in [6.07, 6.45) is 0. The van der Waals surface area contributed by atoms with Crippen molar-refractivity contribution in [2.75, 3.05) is 12.3 Å². The molecule has 3 amide bonds. The summed E-state index contributed by atoms with van der Waals surface area (Å²) in [6, 6.07) is 2.23. The average Bonchev–Trinajstić information content (AvgIpc) is 2.37. The van der Waals surface area contributed by atoms with E-state index in [9.17, 15) is 22.4 Å². The third kappa shape index (κ3) is 3.91. The minimum absolute atomic E-state index is 0.0610. The van der Waals surface area contributed by atoms with E-state index in [0.717, 1.165) is 19.1 Å². The lowest BCUT2D eigenvalue weighted by Gasteiger charge is -2.13. The molecule has 9 heteroatoms. The smallest absolute Gasteiger partial charge is 0.321 e. The number of imide groups is 1. The molecule has 7 nitrogen and oxygen atoms in total. The highest BCUT2D eigenvalue weighted by molar-refractivity contribution is 7.92. The van der Waals surface area contributed by atoms with Crippen LogP contribution in [-0.2, 0) is 14.6 Å². The predicted molar refractivity (Wildman–Crippen MR) is 74.7 cm³/mol. The van der Waals surface area contributed by atoms with E-state index in [1.54, 1.807) is 6.92 Å². The van der Waals surface area contributed by atoms with Crippen LogP contribution in [0.2, 0.25) is 0 Å². The Morgan fingerprint density at radius 3 is 2.52 bits per heavy atom. The van der Waals surface area contributed by atoms with Crippen molar-refractivity contribution in [3.8, 4) is 0 Å². The Morgan fingerprint density at radius 1 is 1.38 bits per heavy atom. The van der Waals surface area contributed by atoms with Crippen molar-refractivity contribution < 1.29 is 22.4 Å². The molecule has 0 radical (unpaired) electrons. The number of anilines is 1. The van der Waals surface area contributed by atoms with Gasteiger partial charge < -0.3 is 11.1 Å². The molecule has 1 aromatic carbocycles. The Balaban J connectivity index is 3.01. The first-order valence-electron chi connectivity index (χ1n) is 6.07. The first kappa shape index (κ1) is 16.9. The summed E-state index contributed by atoms with van der Waals surface area (Å²) < 4.78 is 38.0. The summed E-state index contributed by atoms with van der Waals surface area (Å²) >= 11 is 0. The molecule has 0 fully saturated rings. The number of carbonyl (C=O) groups excluding carboxylic acids is 2. The van der Waals surface area contributed by atoms with Crippen LogP contribution in [0.4, 0.5) is 14.9 Å². The number of rotatable bonds is 4. The van der Waals surface area contributed by atoms with Crippen LogP contribution in [-0.4, -0.2) is 32.2 Å². The van der Waals surface area contributed by atoms with E-state index in [2.05, 4.69) is 5.32 Å². The molecule has 1 aromatic rings. The van der Waals surface area contributed by atoms with E-state index in [1.807, 2.05) is 5.32 Å². The van der Waals surface area contributed by atoms with E-state index in [4.69, 9.17) is 5.73 Å². The zero-order valence-corrected chi connectivity index (χ0v) is 12.3. The molecular formula is C12H16FN3O4S. The molecule has 0 saturated carbocycles. The Labute approximate surface area is 121 Å². The van der Waals surface area contributed by atoms with Gasteiger partial charge in [0.1, 0.15) is 16.0 Å². The zero-order chi connectivity index (χ0) is 16.2. The van der Waals surface area contributed by atoms with Gasteiger partial charge in [-0.2, -0.15) is 0 Å². The van der Waals surface area contributed by atoms with Crippen molar-refractivity contribution in [3.05, 3.63) is 24.0 Å². The highest BCUT2D eigenvalue weighted by Gasteiger charge is 2.32. The molecule has 1 unspecified atom stereocenters. The summed E-state index contributed by atoms with van der Waals surface area (Å²) in [7, 11) is -4.27. The SMILES string of the molecule is CCNC(=O)NC(=O)C(C)S(=O)(=O)c1ccc(N)cc1F. The lowest BCUT2D eigenvalue weighted by molar-refractivity contribution is -0.119. The molecule has 0 bridgehead atoms. The van der Waals surface area contributed by atoms with Gasteiger partial charge >= 0.3 is 6.03 Å². The van der Waals surface area contributed by atoms with Crippen LogP contribution in [0.15, 0.2) is 23.1 Å². The second kappa shape index (κ2) is 6.53. The molecule has 21 heavy (non-hydrogen) atoms. The fourth-order valence-electron chi connectivity index (χ4n) is 1.50. The van der Waals surface area contributed by atoms with E-state index in [0.29, 0.717) is 0 Å². The molecule has 1 rings (SSSR count). The number of nitrogens with two attached hydrogens (primary N) is 1. The highest BCUT2D eigenvalue weighted by Crippen LogP contribution is 2.21. The summed E-state index contributed by atoms with van der Waals surface area (Å²) in [5.41, 5.74) is 5.40. The second-order valence-electron chi connectivity index (χ2n) is 4.23. The number of carbonyl (C=O) groups is 2. The van der Waals surface area contributed by atoms with Crippen molar-refractivity contribution in [3.63, 3.8) is 0 Å². The number of benzene rings is 1. The van der Waals surface area contributed by atoms with E-state index >= 15 is 0 Å². The van der Waals surface area contributed by atoms with Gasteiger partial charge in [0.2, 0.25) is 5.91 Å². The quantitative estimate of drug-likeness (QED) is 0.695. The first-order chi connectivity index (χ1) is 9.70. The molecule has 0 aliphatic rings. The van der Waals surface area contributed by atoms with Crippen LogP contribution in [0.5, 0.6) is 0 Å². The number of sulfone groups is 1. The Morgan fingerprint density at radius 2 is 2.00 bits per heavy atom. The molecule has 1 atom stereocenters. The Bertz CT molecular complexity index is 660. The number of nitrogen functional groups attached to an aromatic ring is 1. The average molecular weight is 317 g/mol. The van der Waals surface area contributed by atoms with E-state index in [1.165, 1.54) is 6.07 Å². The standard InChI is InChI=1S/C12H16FN3O4S/c1-3-15-12(18)16-11(17)7(2)21(19,20)10-5-4-8(14)6-9(10)13/h4-7H,3,14H2,1-2H3,(H2,15,16,17,18). The second-order valence-corrected chi connectivity index (χ2v) is 6.46. The van der Waals surface area contributed by atoms with Gasteiger partial charge in [-0.25, -0.2) is 17.6 Å². The van der Waals surface area contributed by atoms with Crippen molar-refractivity contribution in [2.45, 2.75) is 24.0 Å². The van der Waals surface area contributed by atoms with Gasteiger partial charge in [-0.15, -0.1) is 0 Å². The monoisotopic (exact) mass is 317 g/mol. The molecule has 116 valence electrons. The zero-order valence-electron chi connectivity index (χ0n) is 11.5. The molecular weight excluding hydrogens is 301 g/mol. The largest absolute Gasteiger partial charge is 0.399 e. The molecule has 0 aliphatic carbocycles. The summed E-state index contributed by atoms with van der Waals surface area (Å²) in [5, 5.41) is 2.53. The maximum absolute atomic E-state index is 13.7. The molecule has 0 aromatic heterocycles. The normalized spacial score (nSPS) is 12.5. The summed E-state index contributed by atoms with van der Waals surface area (Å²) in [5.74, 6) is -2.09. The maximum atomic E-state index is 13.7. The summed E-state index contributed by atoms with van der Waals surface area (Å²) in [6.45, 7) is 2.97. The number of nitrogens with one attached hydrogen (secondary N) is 2. The number of amides is 3. The number of hydrogen-bond acceptors (Lipinski definition) is 5. The van der Waals surface area contributed by atoms with Crippen LogP contribution in [0, 0.1) is 5.82 Å². The van der Waals surface area contributed by atoms with Crippen LogP contribution in [0.1, 0.15) is 13.8 Å². The molecule has 4 N–H and O–H groups in total. The third-order valence-corrected chi connectivity index (χ3v) is 4.76.